The van der Waals surface area contributed by atoms with E-state index in [4.69, 9.17) is 14.2 Å². The van der Waals surface area contributed by atoms with Crippen LogP contribution in [0.5, 0.6) is 17.2 Å². The molecular formula is C24H28N2O4. The molecule has 6 heteroatoms. The van der Waals surface area contributed by atoms with E-state index in [2.05, 4.69) is 9.88 Å². The number of hydrogen-bond acceptors (Lipinski definition) is 6. The molecule has 0 amide bonds. The molecule has 0 saturated carbocycles. The van der Waals surface area contributed by atoms with Gasteiger partial charge < -0.3 is 19.3 Å². The summed E-state index contributed by atoms with van der Waals surface area (Å²) in [5.41, 5.74) is 2.04. The summed E-state index contributed by atoms with van der Waals surface area (Å²) in [6.07, 6.45) is 1.17. The van der Waals surface area contributed by atoms with Crippen molar-refractivity contribution in [3.8, 4) is 17.2 Å². The summed E-state index contributed by atoms with van der Waals surface area (Å²) in [5.74, 6) is 2.29. The zero-order valence-corrected chi connectivity index (χ0v) is 17.4. The van der Waals surface area contributed by atoms with Crippen molar-refractivity contribution < 1.29 is 19.3 Å². The van der Waals surface area contributed by atoms with E-state index in [1.54, 1.807) is 13.3 Å². The molecule has 0 aliphatic carbocycles. The number of nitrogens with zero attached hydrogens (tertiary/aromatic N) is 2. The summed E-state index contributed by atoms with van der Waals surface area (Å²) >= 11 is 0. The zero-order chi connectivity index (χ0) is 21.2. The van der Waals surface area contributed by atoms with Crippen molar-refractivity contribution >= 4 is 0 Å². The lowest BCUT2D eigenvalue weighted by Gasteiger charge is -2.21. The monoisotopic (exact) mass is 408 g/mol. The smallest absolute Gasteiger partial charge is 0.130 e. The van der Waals surface area contributed by atoms with Gasteiger partial charge in [0.1, 0.15) is 36.6 Å². The first-order chi connectivity index (χ1) is 14.6. The average molecular weight is 408 g/mol. The lowest BCUT2D eigenvalue weighted by Crippen LogP contribution is -2.32. The highest BCUT2D eigenvalue weighted by molar-refractivity contribution is 5.31. The van der Waals surface area contributed by atoms with Crippen molar-refractivity contribution in [2.45, 2.75) is 19.3 Å². The largest absolute Gasteiger partial charge is 0.497 e. The molecule has 6 nitrogen and oxygen atoms in total. The van der Waals surface area contributed by atoms with E-state index in [1.165, 1.54) is 0 Å². The van der Waals surface area contributed by atoms with Crippen molar-refractivity contribution in [1.29, 1.82) is 0 Å². The third-order valence-corrected chi connectivity index (χ3v) is 4.51. The van der Waals surface area contributed by atoms with Crippen LogP contribution < -0.4 is 14.2 Å². The molecule has 30 heavy (non-hydrogen) atoms. The van der Waals surface area contributed by atoms with Gasteiger partial charge in [-0.25, -0.2) is 0 Å². The van der Waals surface area contributed by atoms with Crippen LogP contribution in [0.2, 0.25) is 0 Å². The van der Waals surface area contributed by atoms with Crippen LogP contribution in [-0.2, 0) is 13.2 Å². The highest BCUT2D eigenvalue weighted by Gasteiger charge is 2.10. The highest BCUT2D eigenvalue weighted by atomic mass is 16.5. The Hall–Kier alpha value is -3.09. The van der Waals surface area contributed by atoms with Gasteiger partial charge in [0.05, 0.1) is 12.8 Å². The molecule has 2 aromatic carbocycles. The first-order valence-electron chi connectivity index (χ1n) is 9.87. The average Bonchev–Trinajstić information content (AvgIpc) is 2.78. The van der Waals surface area contributed by atoms with Gasteiger partial charge in [0, 0.05) is 19.3 Å². The maximum absolute atomic E-state index is 10.3. The molecule has 0 bridgehead atoms. The Morgan fingerprint density at radius 3 is 2.23 bits per heavy atom. The number of methoxy groups -OCH3 is 1. The minimum absolute atomic E-state index is 0.233. The number of aliphatic hydroxyl groups excluding tert-OH is 1. The second kappa shape index (κ2) is 11.2. The topological polar surface area (TPSA) is 64.0 Å². The van der Waals surface area contributed by atoms with E-state index in [0.29, 0.717) is 18.9 Å². The standard InChI is InChI=1S/C24H28N2O4/c1-26(16-21(27)18-30-24-12-10-22(28-2)11-13-24)15-19-6-8-23(9-7-19)29-17-20-5-3-4-14-25-20/h3-14,21,27H,15-18H2,1-2H3/t21-/m1/s1. The van der Waals surface area contributed by atoms with Gasteiger partial charge in [-0.1, -0.05) is 18.2 Å². The molecule has 0 unspecified atom stereocenters. The number of likely N-dealkylation sites (N-methyl/N-ethyl adjacent to an activating group) is 1. The van der Waals surface area contributed by atoms with E-state index in [-0.39, 0.29) is 6.61 Å². The number of benzene rings is 2. The molecule has 1 atom stereocenters. The molecule has 3 rings (SSSR count). The van der Waals surface area contributed by atoms with Gasteiger partial charge in [0.25, 0.3) is 0 Å². The number of hydrogen-bond donors (Lipinski definition) is 1. The van der Waals surface area contributed by atoms with E-state index in [0.717, 1.165) is 29.3 Å². The molecule has 0 aliphatic heterocycles. The van der Waals surface area contributed by atoms with E-state index < -0.39 is 6.10 Å². The quantitative estimate of drug-likeness (QED) is 0.524. The second-order valence-corrected chi connectivity index (χ2v) is 7.09. The fourth-order valence-corrected chi connectivity index (χ4v) is 2.98. The van der Waals surface area contributed by atoms with Crippen molar-refractivity contribution in [3.63, 3.8) is 0 Å². The normalized spacial score (nSPS) is 11.9. The number of aromatic nitrogens is 1. The van der Waals surface area contributed by atoms with Crippen molar-refractivity contribution in [2.24, 2.45) is 0 Å². The predicted molar refractivity (Wildman–Crippen MR) is 116 cm³/mol. The molecule has 0 saturated heterocycles. The molecule has 0 fully saturated rings. The Morgan fingerprint density at radius 1 is 0.900 bits per heavy atom. The molecule has 0 radical (unpaired) electrons. The van der Waals surface area contributed by atoms with Gasteiger partial charge in [-0.2, -0.15) is 0 Å². The Bertz CT molecular complexity index is 870. The third kappa shape index (κ3) is 7.06. The Labute approximate surface area is 177 Å². The van der Waals surface area contributed by atoms with Gasteiger partial charge in [-0.3, -0.25) is 9.88 Å². The van der Waals surface area contributed by atoms with E-state index >= 15 is 0 Å². The van der Waals surface area contributed by atoms with Gasteiger partial charge >= 0.3 is 0 Å². The van der Waals surface area contributed by atoms with Crippen molar-refractivity contribution in [2.75, 3.05) is 27.3 Å². The van der Waals surface area contributed by atoms with Crippen LogP contribution in [0.25, 0.3) is 0 Å². The Balaban J connectivity index is 1.39. The SMILES string of the molecule is COc1ccc(OC[C@H](O)CN(C)Cc2ccc(OCc3ccccn3)cc2)cc1. The van der Waals surface area contributed by atoms with Gasteiger partial charge in [-0.15, -0.1) is 0 Å². The minimum atomic E-state index is -0.585. The second-order valence-electron chi connectivity index (χ2n) is 7.09. The number of aliphatic hydroxyl groups is 1. The van der Waals surface area contributed by atoms with E-state index in [1.807, 2.05) is 73.8 Å². The lowest BCUT2D eigenvalue weighted by atomic mass is 10.2. The molecule has 3 aromatic rings. The summed E-state index contributed by atoms with van der Waals surface area (Å²) < 4.78 is 16.5. The molecule has 0 spiro atoms. The number of pyridine rings is 1. The predicted octanol–water partition coefficient (Wildman–Crippen LogP) is 3.54. The van der Waals surface area contributed by atoms with Gasteiger partial charge in [0.15, 0.2) is 0 Å². The van der Waals surface area contributed by atoms with Crippen LogP contribution in [0.15, 0.2) is 72.9 Å². The third-order valence-electron chi connectivity index (χ3n) is 4.51. The minimum Gasteiger partial charge on any atom is -0.497 e. The Morgan fingerprint density at radius 2 is 1.57 bits per heavy atom. The maximum atomic E-state index is 10.3. The molecular weight excluding hydrogens is 380 g/mol. The maximum Gasteiger partial charge on any atom is 0.130 e. The Kier molecular flexibility index (Phi) is 8.06. The fraction of sp³-hybridized carbons (Fsp3) is 0.292. The van der Waals surface area contributed by atoms with Crippen LogP contribution in [0.4, 0.5) is 0 Å². The molecule has 158 valence electrons. The van der Waals surface area contributed by atoms with Gasteiger partial charge in [0.2, 0.25) is 0 Å². The summed E-state index contributed by atoms with van der Waals surface area (Å²) in [7, 11) is 3.60. The molecule has 1 aromatic heterocycles. The van der Waals surface area contributed by atoms with Crippen LogP contribution in [0.3, 0.4) is 0 Å². The van der Waals surface area contributed by atoms with Crippen LogP contribution in [-0.4, -0.2) is 48.4 Å². The van der Waals surface area contributed by atoms with Crippen LogP contribution in [0, 0.1) is 0 Å². The van der Waals surface area contributed by atoms with E-state index in [9.17, 15) is 5.11 Å². The molecule has 1 N–H and O–H groups in total. The highest BCUT2D eigenvalue weighted by Crippen LogP contribution is 2.17. The fourth-order valence-electron chi connectivity index (χ4n) is 2.98. The molecule has 0 aliphatic rings. The van der Waals surface area contributed by atoms with Crippen LogP contribution >= 0.6 is 0 Å². The summed E-state index contributed by atoms with van der Waals surface area (Å²) in [5, 5.41) is 10.3. The first kappa shape index (κ1) is 21.6. The summed E-state index contributed by atoms with van der Waals surface area (Å²) in [6.45, 7) is 1.91. The molecule has 1 heterocycles. The van der Waals surface area contributed by atoms with Crippen molar-refractivity contribution in [1.82, 2.24) is 9.88 Å². The zero-order valence-electron chi connectivity index (χ0n) is 17.4. The number of ether oxygens (including phenoxy) is 3. The summed E-state index contributed by atoms with van der Waals surface area (Å²) in [6, 6.07) is 21.1. The summed E-state index contributed by atoms with van der Waals surface area (Å²) in [4.78, 5) is 6.31. The lowest BCUT2D eigenvalue weighted by molar-refractivity contribution is 0.0743. The number of rotatable bonds is 11. The first-order valence-corrected chi connectivity index (χ1v) is 9.87. The van der Waals surface area contributed by atoms with Crippen molar-refractivity contribution in [3.05, 3.63) is 84.2 Å². The van der Waals surface area contributed by atoms with Gasteiger partial charge in [-0.05, 0) is 61.1 Å². The van der Waals surface area contributed by atoms with Crippen LogP contribution in [0.1, 0.15) is 11.3 Å².